The number of aliphatic carboxylic acids is 1. The third-order valence-electron chi connectivity index (χ3n) is 3.72. The van der Waals surface area contributed by atoms with Gasteiger partial charge in [0.2, 0.25) is 0 Å². The van der Waals surface area contributed by atoms with Crippen LogP contribution in [0.25, 0.3) is 0 Å². The molecule has 6 nitrogen and oxygen atoms in total. The van der Waals surface area contributed by atoms with E-state index in [9.17, 15) is 9.59 Å². The number of nitrogens with one attached hydrogen (secondary N) is 2. The van der Waals surface area contributed by atoms with Gasteiger partial charge in [0.15, 0.2) is 0 Å². The number of urea groups is 1. The second-order valence-electron chi connectivity index (χ2n) is 5.72. The van der Waals surface area contributed by atoms with Gasteiger partial charge in [-0.3, -0.25) is 4.79 Å². The number of rotatable bonds is 6. The molecule has 6 heteroatoms. The van der Waals surface area contributed by atoms with Gasteiger partial charge in [-0.1, -0.05) is 6.92 Å². The van der Waals surface area contributed by atoms with Crippen LogP contribution in [0.5, 0.6) is 0 Å². The zero-order chi connectivity index (χ0) is 14.3. The molecular formula is C13H25N3O3. The SMILES string of the molecule is CN1CCC(C)(CNC(=O)NCCCC(=O)O)CC1. The second-order valence-corrected chi connectivity index (χ2v) is 5.72. The van der Waals surface area contributed by atoms with Gasteiger partial charge in [0.1, 0.15) is 0 Å². The van der Waals surface area contributed by atoms with Gasteiger partial charge in [0.05, 0.1) is 0 Å². The standard InChI is InChI=1S/C13H25N3O3/c1-13(5-8-16(2)9-6-13)10-15-12(19)14-7-3-4-11(17)18/h3-10H2,1-2H3,(H,17,18)(H2,14,15,19). The van der Waals surface area contributed by atoms with E-state index in [1.165, 1.54) is 0 Å². The van der Waals surface area contributed by atoms with E-state index in [-0.39, 0.29) is 17.9 Å². The first-order valence-electron chi connectivity index (χ1n) is 6.83. The van der Waals surface area contributed by atoms with Crippen molar-refractivity contribution in [1.82, 2.24) is 15.5 Å². The monoisotopic (exact) mass is 271 g/mol. The lowest BCUT2D eigenvalue weighted by molar-refractivity contribution is -0.137. The maximum Gasteiger partial charge on any atom is 0.314 e. The fourth-order valence-corrected chi connectivity index (χ4v) is 2.13. The molecule has 1 rings (SSSR count). The quantitative estimate of drug-likeness (QED) is 0.626. The van der Waals surface area contributed by atoms with Crippen molar-refractivity contribution in [3.8, 4) is 0 Å². The number of carboxylic acid groups (broad SMARTS) is 1. The number of likely N-dealkylation sites (tertiary alicyclic amines) is 1. The summed E-state index contributed by atoms with van der Waals surface area (Å²) in [7, 11) is 2.11. The number of carbonyl (C=O) groups excluding carboxylic acids is 1. The molecule has 0 aromatic carbocycles. The Morgan fingerprint density at radius 1 is 1.26 bits per heavy atom. The molecule has 1 heterocycles. The normalized spacial score (nSPS) is 18.8. The Hall–Kier alpha value is -1.30. The molecule has 2 amide bonds. The molecule has 0 bridgehead atoms. The lowest BCUT2D eigenvalue weighted by Crippen LogP contribution is -2.46. The van der Waals surface area contributed by atoms with Crippen molar-refractivity contribution >= 4 is 12.0 Å². The first-order chi connectivity index (χ1) is 8.91. The third kappa shape index (κ3) is 6.42. The smallest absolute Gasteiger partial charge is 0.314 e. The van der Waals surface area contributed by atoms with Crippen LogP contribution in [0, 0.1) is 5.41 Å². The van der Waals surface area contributed by atoms with Gasteiger partial charge in [0.25, 0.3) is 0 Å². The number of carbonyl (C=O) groups is 2. The number of hydrogen-bond acceptors (Lipinski definition) is 3. The predicted octanol–water partition coefficient (Wildman–Crippen LogP) is 0.882. The maximum atomic E-state index is 11.6. The fourth-order valence-electron chi connectivity index (χ4n) is 2.13. The molecule has 0 atom stereocenters. The highest BCUT2D eigenvalue weighted by atomic mass is 16.4. The minimum atomic E-state index is -0.832. The molecule has 0 saturated carbocycles. The highest BCUT2D eigenvalue weighted by Gasteiger charge is 2.28. The largest absolute Gasteiger partial charge is 0.481 e. The maximum absolute atomic E-state index is 11.6. The van der Waals surface area contributed by atoms with E-state index in [0.29, 0.717) is 19.5 Å². The Balaban J connectivity index is 2.14. The zero-order valence-corrected chi connectivity index (χ0v) is 11.9. The minimum Gasteiger partial charge on any atom is -0.481 e. The number of hydrogen-bond donors (Lipinski definition) is 3. The van der Waals surface area contributed by atoms with E-state index in [1.54, 1.807) is 0 Å². The summed E-state index contributed by atoms with van der Waals surface area (Å²) in [5.41, 5.74) is 0.172. The number of piperidine rings is 1. The van der Waals surface area contributed by atoms with Gasteiger partial charge in [-0.15, -0.1) is 0 Å². The minimum absolute atomic E-state index is 0.0876. The van der Waals surface area contributed by atoms with E-state index in [1.807, 2.05) is 0 Å². The molecule has 1 fully saturated rings. The van der Waals surface area contributed by atoms with Gasteiger partial charge in [0, 0.05) is 19.5 Å². The van der Waals surface area contributed by atoms with E-state index < -0.39 is 5.97 Å². The Bertz CT molecular complexity index is 312. The van der Waals surface area contributed by atoms with Crippen LogP contribution in [0.15, 0.2) is 0 Å². The summed E-state index contributed by atoms with van der Waals surface area (Å²) < 4.78 is 0. The van der Waals surface area contributed by atoms with Crippen molar-refractivity contribution in [3.05, 3.63) is 0 Å². The van der Waals surface area contributed by atoms with Crippen molar-refractivity contribution in [2.75, 3.05) is 33.2 Å². The van der Waals surface area contributed by atoms with E-state index in [4.69, 9.17) is 5.11 Å². The Morgan fingerprint density at radius 3 is 2.47 bits per heavy atom. The highest BCUT2D eigenvalue weighted by Crippen LogP contribution is 2.29. The first-order valence-corrected chi connectivity index (χ1v) is 6.83. The number of amides is 2. The molecule has 3 N–H and O–H groups in total. The molecule has 0 aromatic rings. The molecule has 19 heavy (non-hydrogen) atoms. The molecule has 0 aliphatic carbocycles. The molecule has 1 aliphatic rings. The van der Waals surface area contributed by atoms with Crippen molar-refractivity contribution in [2.45, 2.75) is 32.6 Å². The van der Waals surface area contributed by atoms with Crippen molar-refractivity contribution < 1.29 is 14.7 Å². The van der Waals surface area contributed by atoms with Crippen LogP contribution in [0.1, 0.15) is 32.6 Å². The number of nitrogens with zero attached hydrogens (tertiary/aromatic N) is 1. The van der Waals surface area contributed by atoms with Crippen LogP contribution >= 0.6 is 0 Å². The molecule has 1 aliphatic heterocycles. The Labute approximate surface area is 114 Å². The summed E-state index contributed by atoms with van der Waals surface area (Å²) in [5.74, 6) is -0.832. The van der Waals surface area contributed by atoms with Gasteiger partial charge in [-0.25, -0.2) is 4.79 Å². The summed E-state index contributed by atoms with van der Waals surface area (Å²) in [6.45, 7) is 5.41. The molecule has 0 aromatic heterocycles. The average Bonchev–Trinajstić information content (AvgIpc) is 2.36. The third-order valence-corrected chi connectivity index (χ3v) is 3.72. The summed E-state index contributed by atoms with van der Waals surface area (Å²) >= 11 is 0. The summed E-state index contributed by atoms with van der Waals surface area (Å²) in [6, 6.07) is -0.203. The fraction of sp³-hybridized carbons (Fsp3) is 0.846. The van der Waals surface area contributed by atoms with Crippen LogP contribution in [0.3, 0.4) is 0 Å². The predicted molar refractivity (Wildman–Crippen MR) is 73.1 cm³/mol. The van der Waals surface area contributed by atoms with Crippen LogP contribution in [-0.2, 0) is 4.79 Å². The van der Waals surface area contributed by atoms with Crippen LogP contribution in [-0.4, -0.2) is 55.2 Å². The van der Waals surface area contributed by atoms with Gasteiger partial charge < -0.3 is 20.6 Å². The topological polar surface area (TPSA) is 81.7 Å². The lowest BCUT2D eigenvalue weighted by atomic mass is 9.80. The molecule has 0 spiro atoms. The summed E-state index contributed by atoms with van der Waals surface area (Å²) in [6.07, 6.45) is 2.72. The number of carboxylic acids is 1. The first kappa shape index (κ1) is 15.8. The molecular weight excluding hydrogens is 246 g/mol. The zero-order valence-electron chi connectivity index (χ0n) is 11.9. The molecule has 0 unspecified atom stereocenters. The summed E-state index contributed by atoms with van der Waals surface area (Å²) in [5, 5.41) is 14.0. The van der Waals surface area contributed by atoms with Crippen molar-refractivity contribution in [3.63, 3.8) is 0 Å². The van der Waals surface area contributed by atoms with Crippen LogP contribution in [0.2, 0.25) is 0 Å². The van der Waals surface area contributed by atoms with E-state index >= 15 is 0 Å². The Kier molecular flexibility index (Phi) is 6.08. The van der Waals surface area contributed by atoms with E-state index in [0.717, 1.165) is 25.9 Å². The van der Waals surface area contributed by atoms with Gasteiger partial charge in [-0.05, 0) is 44.8 Å². The van der Waals surface area contributed by atoms with Gasteiger partial charge >= 0.3 is 12.0 Å². The molecule has 0 radical (unpaired) electrons. The second kappa shape index (κ2) is 7.33. The Morgan fingerprint density at radius 2 is 1.89 bits per heavy atom. The lowest BCUT2D eigenvalue weighted by Gasteiger charge is -2.37. The van der Waals surface area contributed by atoms with Crippen LogP contribution in [0.4, 0.5) is 4.79 Å². The van der Waals surface area contributed by atoms with Crippen LogP contribution < -0.4 is 10.6 Å². The van der Waals surface area contributed by atoms with Crippen molar-refractivity contribution in [2.24, 2.45) is 5.41 Å². The molecule has 110 valence electrons. The summed E-state index contributed by atoms with van der Waals surface area (Å²) in [4.78, 5) is 24.2. The molecule has 1 saturated heterocycles. The van der Waals surface area contributed by atoms with Crippen molar-refractivity contribution in [1.29, 1.82) is 0 Å². The highest BCUT2D eigenvalue weighted by molar-refractivity contribution is 5.74. The van der Waals surface area contributed by atoms with Gasteiger partial charge in [-0.2, -0.15) is 0 Å². The van der Waals surface area contributed by atoms with E-state index in [2.05, 4.69) is 29.5 Å². The average molecular weight is 271 g/mol.